The van der Waals surface area contributed by atoms with E-state index in [4.69, 9.17) is 16.2 Å². The molecule has 0 unspecified atom stereocenters. The molecule has 0 saturated carbocycles. The van der Waals surface area contributed by atoms with E-state index in [1.807, 2.05) is 26.8 Å². The molecule has 0 aliphatic heterocycles. The number of unbranched alkanes of at least 4 members (excludes halogenated alkanes) is 1. The van der Waals surface area contributed by atoms with Crippen molar-refractivity contribution in [2.45, 2.75) is 58.6 Å². The van der Waals surface area contributed by atoms with Crippen LogP contribution in [0.1, 0.15) is 68.9 Å². The highest BCUT2D eigenvalue weighted by Crippen LogP contribution is 2.23. The van der Waals surface area contributed by atoms with Crippen LogP contribution in [0, 0.1) is 0 Å². The number of ether oxygens (including phenoxy) is 1. The van der Waals surface area contributed by atoms with E-state index in [0.717, 1.165) is 24.8 Å². The van der Waals surface area contributed by atoms with Crippen molar-refractivity contribution in [3.05, 3.63) is 29.3 Å². The number of carbonyl (C=O) groups excluding carboxylic acids is 1. The van der Waals surface area contributed by atoms with E-state index in [9.17, 15) is 4.79 Å². The minimum absolute atomic E-state index is 0.0371. The van der Waals surface area contributed by atoms with Crippen molar-refractivity contribution >= 4 is 11.7 Å². The second-order valence-electron chi connectivity index (χ2n) is 6.10. The van der Waals surface area contributed by atoms with E-state index in [1.54, 1.807) is 12.1 Å². The maximum Gasteiger partial charge on any atom is 0.340 e. The molecule has 0 spiro atoms. The van der Waals surface area contributed by atoms with Crippen LogP contribution in [0.15, 0.2) is 18.2 Å². The van der Waals surface area contributed by atoms with Gasteiger partial charge in [0.2, 0.25) is 0 Å². The summed E-state index contributed by atoms with van der Waals surface area (Å²) in [5.41, 5.74) is 13.3. The van der Waals surface area contributed by atoms with Gasteiger partial charge in [-0.25, -0.2) is 4.79 Å². The van der Waals surface area contributed by atoms with Crippen LogP contribution in [0.25, 0.3) is 0 Å². The SMILES string of the molecule is CCCC[C@@H](N)c1ccc(C(=O)OC(C)(C)C)c(N)c1. The number of anilines is 1. The van der Waals surface area contributed by atoms with Crippen molar-refractivity contribution in [1.82, 2.24) is 0 Å². The highest BCUT2D eigenvalue weighted by Gasteiger charge is 2.20. The quantitative estimate of drug-likeness (QED) is 0.639. The standard InChI is InChI=1S/C16H26N2O2/c1-5-6-7-13(17)11-8-9-12(14(18)10-11)15(19)20-16(2,3)4/h8-10,13H,5-7,17-18H2,1-4H3/t13-/m1/s1. The lowest BCUT2D eigenvalue weighted by molar-refractivity contribution is 0.00708. The minimum atomic E-state index is -0.528. The van der Waals surface area contributed by atoms with Gasteiger partial charge in [0.15, 0.2) is 0 Å². The third-order valence-electron chi connectivity index (χ3n) is 2.99. The van der Waals surface area contributed by atoms with Gasteiger partial charge in [0, 0.05) is 11.7 Å². The molecule has 0 saturated heterocycles. The molecular formula is C16H26N2O2. The van der Waals surface area contributed by atoms with Crippen molar-refractivity contribution in [2.75, 3.05) is 5.73 Å². The van der Waals surface area contributed by atoms with Gasteiger partial charge in [0.1, 0.15) is 5.60 Å². The molecule has 1 rings (SSSR count). The molecule has 0 aliphatic rings. The van der Waals surface area contributed by atoms with E-state index in [0.29, 0.717) is 11.3 Å². The average Bonchev–Trinajstić information content (AvgIpc) is 2.33. The van der Waals surface area contributed by atoms with Crippen LogP contribution in [0.5, 0.6) is 0 Å². The predicted molar refractivity (Wildman–Crippen MR) is 82.5 cm³/mol. The summed E-state index contributed by atoms with van der Waals surface area (Å²) >= 11 is 0. The zero-order valence-electron chi connectivity index (χ0n) is 12.9. The molecule has 20 heavy (non-hydrogen) atoms. The molecule has 4 N–H and O–H groups in total. The van der Waals surface area contributed by atoms with Crippen molar-refractivity contribution < 1.29 is 9.53 Å². The third kappa shape index (κ3) is 4.85. The molecule has 112 valence electrons. The van der Waals surface area contributed by atoms with Crippen molar-refractivity contribution in [2.24, 2.45) is 5.73 Å². The lowest BCUT2D eigenvalue weighted by atomic mass is 9.99. The highest BCUT2D eigenvalue weighted by molar-refractivity contribution is 5.95. The van der Waals surface area contributed by atoms with Crippen LogP contribution in [0.2, 0.25) is 0 Å². The normalized spacial score (nSPS) is 13.1. The van der Waals surface area contributed by atoms with Crippen LogP contribution in [0.4, 0.5) is 5.69 Å². The molecule has 0 amide bonds. The average molecular weight is 278 g/mol. The Morgan fingerprint density at radius 3 is 2.50 bits per heavy atom. The fraction of sp³-hybridized carbons (Fsp3) is 0.562. The lowest BCUT2D eigenvalue weighted by Crippen LogP contribution is -2.24. The van der Waals surface area contributed by atoms with E-state index < -0.39 is 11.6 Å². The predicted octanol–water partition coefficient (Wildman–Crippen LogP) is 3.41. The topological polar surface area (TPSA) is 78.3 Å². The van der Waals surface area contributed by atoms with Crippen molar-refractivity contribution in [1.29, 1.82) is 0 Å². The van der Waals surface area contributed by atoms with Crippen molar-refractivity contribution in [3.63, 3.8) is 0 Å². The summed E-state index contributed by atoms with van der Waals surface area (Å²) in [5.74, 6) is -0.399. The molecule has 0 radical (unpaired) electrons. The highest BCUT2D eigenvalue weighted by atomic mass is 16.6. The molecular weight excluding hydrogens is 252 g/mol. The molecule has 0 fully saturated rings. The van der Waals surface area contributed by atoms with E-state index in [-0.39, 0.29) is 6.04 Å². The van der Waals surface area contributed by atoms with E-state index in [1.165, 1.54) is 0 Å². The van der Waals surface area contributed by atoms with Crippen LogP contribution < -0.4 is 11.5 Å². The van der Waals surface area contributed by atoms with E-state index in [2.05, 4.69) is 6.92 Å². The van der Waals surface area contributed by atoms with Crippen LogP contribution in [-0.2, 0) is 4.74 Å². The smallest absolute Gasteiger partial charge is 0.340 e. The van der Waals surface area contributed by atoms with Gasteiger partial charge in [-0.05, 0) is 44.9 Å². The number of benzene rings is 1. The maximum atomic E-state index is 12.0. The van der Waals surface area contributed by atoms with E-state index >= 15 is 0 Å². The fourth-order valence-corrected chi connectivity index (χ4v) is 1.92. The molecule has 1 aromatic rings. The zero-order chi connectivity index (χ0) is 15.3. The van der Waals surface area contributed by atoms with Gasteiger partial charge in [-0.15, -0.1) is 0 Å². The number of esters is 1. The number of hydrogen-bond acceptors (Lipinski definition) is 4. The monoisotopic (exact) mass is 278 g/mol. The molecule has 4 nitrogen and oxygen atoms in total. The summed E-state index contributed by atoms with van der Waals surface area (Å²) in [6.45, 7) is 7.62. The lowest BCUT2D eigenvalue weighted by Gasteiger charge is -2.20. The Kier molecular flexibility index (Phi) is 5.57. The summed E-state index contributed by atoms with van der Waals surface area (Å²) in [6, 6.07) is 5.30. The van der Waals surface area contributed by atoms with Crippen LogP contribution >= 0.6 is 0 Å². The number of rotatable bonds is 5. The largest absolute Gasteiger partial charge is 0.456 e. The Hall–Kier alpha value is -1.55. The van der Waals surface area contributed by atoms with Crippen molar-refractivity contribution in [3.8, 4) is 0 Å². The van der Waals surface area contributed by atoms with Gasteiger partial charge in [-0.3, -0.25) is 0 Å². The Bertz CT molecular complexity index is 464. The Morgan fingerprint density at radius 2 is 2.00 bits per heavy atom. The van der Waals surface area contributed by atoms with Crippen LogP contribution in [0.3, 0.4) is 0 Å². The number of nitrogen functional groups attached to an aromatic ring is 1. The number of nitrogens with two attached hydrogens (primary N) is 2. The van der Waals surface area contributed by atoms with Gasteiger partial charge >= 0.3 is 5.97 Å². The number of carbonyl (C=O) groups is 1. The first-order valence-electron chi connectivity index (χ1n) is 7.13. The molecule has 0 bridgehead atoms. The Morgan fingerprint density at radius 1 is 1.35 bits per heavy atom. The third-order valence-corrected chi connectivity index (χ3v) is 2.99. The first-order valence-corrected chi connectivity index (χ1v) is 7.13. The second-order valence-corrected chi connectivity index (χ2v) is 6.10. The van der Waals surface area contributed by atoms with Gasteiger partial charge in [0.05, 0.1) is 5.56 Å². The van der Waals surface area contributed by atoms with Gasteiger partial charge in [0.25, 0.3) is 0 Å². The Balaban J connectivity index is 2.85. The fourth-order valence-electron chi connectivity index (χ4n) is 1.92. The zero-order valence-corrected chi connectivity index (χ0v) is 12.9. The minimum Gasteiger partial charge on any atom is -0.456 e. The molecule has 1 atom stereocenters. The first kappa shape index (κ1) is 16.5. The first-order chi connectivity index (χ1) is 9.24. The van der Waals surface area contributed by atoms with Gasteiger partial charge in [-0.1, -0.05) is 25.8 Å². The summed E-state index contributed by atoms with van der Waals surface area (Å²) in [5, 5.41) is 0. The van der Waals surface area contributed by atoms with Gasteiger partial charge in [-0.2, -0.15) is 0 Å². The second kappa shape index (κ2) is 6.75. The summed E-state index contributed by atoms with van der Waals surface area (Å²) < 4.78 is 5.32. The molecule has 0 heterocycles. The summed E-state index contributed by atoms with van der Waals surface area (Å²) in [7, 11) is 0. The molecule has 0 aromatic heterocycles. The Labute approximate surface area is 121 Å². The molecule has 1 aromatic carbocycles. The maximum absolute atomic E-state index is 12.0. The molecule has 0 aliphatic carbocycles. The summed E-state index contributed by atoms with van der Waals surface area (Å²) in [6.07, 6.45) is 3.11. The summed E-state index contributed by atoms with van der Waals surface area (Å²) in [4.78, 5) is 12.0. The number of hydrogen-bond donors (Lipinski definition) is 2. The van der Waals surface area contributed by atoms with Gasteiger partial charge < -0.3 is 16.2 Å². The van der Waals surface area contributed by atoms with Crippen LogP contribution in [-0.4, -0.2) is 11.6 Å². The molecule has 4 heteroatoms.